The van der Waals surface area contributed by atoms with E-state index in [0.29, 0.717) is 29.2 Å². The van der Waals surface area contributed by atoms with E-state index in [2.05, 4.69) is 15.6 Å². The second-order valence-electron chi connectivity index (χ2n) is 5.88. The minimum absolute atomic E-state index is 0.180. The van der Waals surface area contributed by atoms with Crippen molar-refractivity contribution in [3.63, 3.8) is 0 Å². The molecular formula is C21H20ClN3O2. The quantitative estimate of drug-likeness (QED) is 0.634. The van der Waals surface area contributed by atoms with Crippen molar-refractivity contribution < 1.29 is 9.53 Å². The van der Waals surface area contributed by atoms with Gasteiger partial charge >= 0.3 is 0 Å². The first-order valence-corrected chi connectivity index (χ1v) is 8.92. The maximum Gasteiger partial charge on any atom is 0.252 e. The summed E-state index contributed by atoms with van der Waals surface area (Å²) in [6.45, 7) is 0.501. The molecule has 0 spiro atoms. The Kier molecular flexibility index (Phi) is 6.28. The van der Waals surface area contributed by atoms with Crippen LogP contribution in [0.3, 0.4) is 0 Å². The van der Waals surface area contributed by atoms with E-state index in [1.807, 2.05) is 42.5 Å². The SMILES string of the molecule is COc1ccccc1CCNC(=O)c1cncc(Nc2ccccc2Cl)c1. The van der Waals surface area contributed by atoms with Crippen LogP contribution in [0.15, 0.2) is 67.0 Å². The summed E-state index contributed by atoms with van der Waals surface area (Å²) in [5.41, 5.74) is 2.98. The number of carbonyl (C=O) groups excluding carboxylic acids is 1. The molecule has 0 aliphatic heterocycles. The van der Waals surface area contributed by atoms with Gasteiger partial charge < -0.3 is 15.4 Å². The minimum Gasteiger partial charge on any atom is -0.496 e. The average molecular weight is 382 g/mol. The second kappa shape index (κ2) is 9.05. The van der Waals surface area contributed by atoms with Crippen molar-refractivity contribution in [2.45, 2.75) is 6.42 Å². The third-order valence-corrected chi connectivity index (χ3v) is 4.36. The number of aromatic nitrogens is 1. The summed E-state index contributed by atoms with van der Waals surface area (Å²) in [6, 6.07) is 16.9. The molecule has 5 nitrogen and oxygen atoms in total. The van der Waals surface area contributed by atoms with E-state index < -0.39 is 0 Å². The lowest BCUT2D eigenvalue weighted by Gasteiger charge is -2.11. The Balaban J connectivity index is 1.61. The predicted molar refractivity (Wildman–Crippen MR) is 108 cm³/mol. The zero-order valence-electron chi connectivity index (χ0n) is 14.9. The lowest BCUT2D eigenvalue weighted by molar-refractivity contribution is 0.0953. The number of halogens is 1. The van der Waals surface area contributed by atoms with Crippen LogP contribution in [0.2, 0.25) is 5.02 Å². The number of hydrogen-bond donors (Lipinski definition) is 2. The predicted octanol–water partition coefficient (Wildman–Crippen LogP) is 4.46. The molecule has 0 unspecified atom stereocenters. The fraction of sp³-hybridized carbons (Fsp3) is 0.143. The molecule has 0 saturated heterocycles. The van der Waals surface area contributed by atoms with Crippen molar-refractivity contribution in [1.29, 1.82) is 0 Å². The van der Waals surface area contributed by atoms with Crippen LogP contribution < -0.4 is 15.4 Å². The Morgan fingerprint density at radius 3 is 2.70 bits per heavy atom. The number of carbonyl (C=O) groups is 1. The molecule has 1 amide bonds. The number of nitrogens with zero attached hydrogens (tertiary/aromatic N) is 1. The smallest absolute Gasteiger partial charge is 0.252 e. The summed E-state index contributed by atoms with van der Waals surface area (Å²) in [6.07, 6.45) is 3.87. The van der Waals surface area contributed by atoms with Crippen molar-refractivity contribution in [1.82, 2.24) is 10.3 Å². The van der Waals surface area contributed by atoms with Crippen molar-refractivity contribution in [3.8, 4) is 5.75 Å². The van der Waals surface area contributed by atoms with E-state index in [-0.39, 0.29) is 5.91 Å². The van der Waals surface area contributed by atoms with Crippen LogP contribution in [0, 0.1) is 0 Å². The summed E-state index contributed by atoms with van der Waals surface area (Å²) in [5.74, 6) is 0.638. The number of hydrogen-bond acceptors (Lipinski definition) is 4. The summed E-state index contributed by atoms with van der Waals surface area (Å²) >= 11 is 6.16. The Hall–Kier alpha value is -3.05. The third kappa shape index (κ3) is 4.99. The standard InChI is InChI=1S/C21H20ClN3O2/c1-27-20-9-5-2-6-15(20)10-11-24-21(26)16-12-17(14-23-13-16)25-19-8-4-3-7-18(19)22/h2-9,12-14,25H,10-11H2,1H3,(H,24,26). The first-order valence-electron chi connectivity index (χ1n) is 8.54. The second-order valence-corrected chi connectivity index (χ2v) is 6.29. The molecule has 0 saturated carbocycles. The molecule has 6 heteroatoms. The van der Waals surface area contributed by atoms with E-state index in [9.17, 15) is 4.79 Å². The molecule has 0 radical (unpaired) electrons. The number of amides is 1. The molecule has 0 atom stereocenters. The summed E-state index contributed by atoms with van der Waals surface area (Å²) < 4.78 is 5.33. The van der Waals surface area contributed by atoms with E-state index >= 15 is 0 Å². The van der Waals surface area contributed by atoms with Crippen LogP contribution in [0.25, 0.3) is 0 Å². The number of pyridine rings is 1. The summed E-state index contributed by atoms with van der Waals surface area (Å²) in [4.78, 5) is 16.6. The number of methoxy groups -OCH3 is 1. The molecule has 1 aromatic heterocycles. The van der Waals surface area contributed by atoms with Gasteiger partial charge in [-0.15, -0.1) is 0 Å². The van der Waals surface area contributed by atoms with Gasteiger partial charge in [0.1, 0.15) is 5.75 Å². The highest BCUT2D eigenvalue weighted by Crippen LogP contribution is 2.24. The average Bonchev–Trinajstić information content (AvgIpc) is 2.70. The van der Waals surface area contributed by atoms with Crippen LogP contribution >= 0.6 is 11.6 Å². The molecule has 0 bridgehead atoms. The lowest BCUT2D eigenvalue weighted by Crippen LogP contribution is -2.26. The van der Waals surface area contributed by atoms with Crippen LogP contribution in [0.5, 0.6) is 5.75 Å². The highest BCUT2D eigenvalue weighted by Gasteiger charge is 2.09. The fourth-order valence-electron chi connectivity index (χ4n) is 2.67. The van der Waals surface area contributed by atoms with Gasteiger partial charge in [0.15, 0.2) is 0 Å². The molecule has 3 rings (SSSR count). The Labute approximate surface area is 163 Å². The highest BCUT2D eigenvalue weighted by atomic mass is 35.5. The molecule has 0 fully saturated rings. The Bertz CT molecular complexity index is 931. The maximum atomic E-state index is 12.4. The first-order chi connectivity index (χ1) is 13.2. The number of para-hydroxylation sites is 2. The van der Waals surface area contributed by atoms with E-state index in [0.717, 1.165) is 17.0 Å². The van der Waals surface area contributed by atoms with Crippen LogP contribution in [-0.2, 0) is 6.42 Å². The maximum absolute atomic E-state index is 12.4. The monoisotopic (exact) mass is 381 g/mol. The number of anilines is 2. The normalized spacial score (nSPS) is 10.3. The molecular weight excluding hydrogens is 362 g/mol. The van der Waals surface area contributed by atoms with Gasteiger partial charge in [0.25, 0.3) is 5.91 Å². The Morgan fingerprint density at radius 2 is 1.89 bits per heavy atom. The van der Waals surface area contributed by atoms with E-state index in [4.69, 9.17) is 16.3 Å². The van der Waals surface area contributed by atoms with Gasteiger partial charge in [-0.05, 0) is 36.2 Å². The lowest BCUT2D eigenvalue weighted by atomic mass is 10.1. The van der Waals surface area contributed by atoms with Crippen LogP contribution in [0.4, 0.5) is 11.4 Å². The molecule has 3 aromatic rings. The molecule has 1 heterocycles. The fourth-order valence-corrected chi connectivity index (χ4v) is 2.86. The number of rotatable bonds is 7. The van der Waals surface area contributed by atoms with Gasteiger partial charge in [-0.1, -0.05) is 41.9 Å². The Morgan fingerprint density at radius 1 is 1.11 bits per heavy atom. The zero-order valence-corrected chi connectivity index (χ0v) is 15.7. The van der Waals surface area contributed by atoms with E-state index in [1.54, 1.807) is 25.4 Å². The molecule has 27 heavy (non-hydrogen) atoms. The van der Waals surface area contributed by atoms with Gasteiger partial charge in [0.05, 0.1) is 35.3 Å². The molecule has 0 aliphatic rings. The van der Waals surface area contributed by atoms with E-state index in [1.165, 1.54) is 6.20 Å². The van der Waals surface area contributed by atoms with Gasteiger partial charge in [-0.2, -0.15) is 0 Å². The van der Waals surface area contributed by atoms with Gasteiger partial charge in [0, 0.05) is 12.7 Å². The molecule has 0 aliphatic carbocycles. The highest BCUT2D eigenvalue weighted by molar-refractivity contribution is 6.33. The van der Waals surface area contributed by atoms with Crippen molar-refractivity contribution in [3.05, 3.63) is 83.1 Å². The number of ether oxygens (including phenoxy) is 1. The van der Waals surface area contributed by atoms with Crippen molar-refractivity contribution in [2.75, 3.05) is 19.0 Å². The van der Waals surface area contributed by atoms with Gasteiger partial charge in [-0.25, -0.2) is 0 Å². The summed E-state index contributed by atoms with van der Waals surface area (Å²) in [7, 11) is 1.64. The summed E-state index contributed by atoms with van der Waals surface area (Å²) in [5, 5.41) is 6.69. The topological polar surface area (TPSA) is 63.2 Å². The number of benzene rings is 2. The first kappa shape index (κ1) is 18.7. The molecule has 2 N–H and O–H groups in total. The minimum atomic E-state index is -0.180. The molecule has 2 aromatic carbocycles. The third-order valence-electron chi connectivity index (χ3n) is 4.03. The van der Waals surface area contributed by atoms with Crippen LogP contribution in [-0.4, -0.2) is 24.5 Å². The largest absolute Gasteiger partial charge is 0.496 e. The van der Waals surface area contributed by atoms with Gasteiger partial charge in [0.2, 0.25) is 0 Å². The zero-order chi connectivity index (χ0) is 19.1. The van der Waals surface area contributed by atoms with Crippen molar-refractivity contribution in [2.24, 2.45) is 0 Å². The number of nitrogens with one attached hydrogen (secondary N) is 2. The van der Waals surface area contributed by atoms with Crippen molar-refractivity contribution >= 4 is 28.9 Å². The van der Waals surface area contributed by atoms with Crippen LogP contribution in [0.1, 0.15) is 15.9 Å². The molecule has 138 valence electrons. The van der Waals surface area contributed by atoms with Gasteiger partial charge in [-0.3, -0.25) is 9.78 Å².